The van der Waals surface area contributed by atoms with Crippen LogP contribution in [0.5, 0.6) is 0 Å². The fourth-order valence-electron chi connectivity index (χ4n) is 2.04. The number of aromatic amines is 1. The number of H-pyrrole nitrogens is 1. The molecule has 0 aliphatic carbocycles. The standard InChI is InChI=1S/C11H15N5/c12-8-1-2-9-10(7-8)15-11(14-9)16-5-3-13-4-6-16/h1-2,7,13H,3-6,12H2,(H,14,15). The van der Waals surface area contributed by atoms with Gasteiger partial charge in [0.2, 0.25) is 5.95 Å². The average molecular weight is 217 g/mol. The molecule has 2 aromatic rings. The van der Waals surface area contributed by atoms with Crippen molar-refractivity contribution in [1.82, 2.24) is 15.3 Å². The zero-order chi connectivity index (χ0) is 11.0. The Hall–Kier alpha value is -1.75. The van der Waals surface area contributed by atoms with Gasteiger partial charge in [-0.15, -0.1) is 0 Å². The smallest absolute Gasteiger partial charge is 0.203 e. The van der Waals surface area contributed by atoms with Gasteiger partial charge in [0.15, 0.2) is 0 Å². The third-order valence-electron chi connectivity index (χ3n) is 2.91. The number of anilines is 2. The van der Waals surface area contributed by atoms with Crippen LogP contribution in [0.2, 0.25) is 0 Å². The summed E-state index contributed by atoms with van der Waals surface area (Å²) in [6.45, 7) is 4.02. The van der Waals surface area contributed by atoms with Gasteiger partial charge in [-0.05, 0) is 18.2 Å². The van der Waals surface area contributed by atoms with Crippen LogP contribution in [-0.4, -0.2) is 36.1 Å². The van der Waals surface area contributed by atoms with Crippen molar-refractivity contribution in [3.05, 3.63) is 18.2 Å². The van der Waals surface area contributed by atoms with Crippen molar-refractivity contribution in [2.24, 2.45) is 0 Å². The second-order valence-corrected chi connectivity index (χ2v) is 4.07. The molecule has 1 aromatic heterocycles. The van der Waals surface area contributed by atoms with Crippen molar-refractivity contribution in [2.75, 3.05) is 36.8 Å². The van der Waals surface area contributed by atoms with E-state index in [-0.39, 0.29) is 0 Å². The van der Waals surface area contributed by atoms with Gasteiger partial charge < -0.3 is 20.9 Å². The minimum Gasteiger partial charge on any atom is -0.399 e. The summed E-state index contributed by atoms with van der Waals surface area (Å²) < 4.78 is 0. The number of nitrogens with two attached hydrogens (primary N) is 1. The van der Waals surface area contributed by atoms with E-state index in [0.717, 1.165) is 48.8 Å². The molecule has 0 bridgehead atoms. The van der Waals surface area contributed by atoms with Gasteiger partial charge in [0, 0.05) is 31.9 Å². The van der Waals surface area contributed by atoms with Crippen LogP contribution in [0.15, 0.2) is 18.2 Å². The van der Waals surface area contributed by atoms with Crippen molar-refractivity contribution in [1.29, 1.82) is 0 Å². The summed E-state index contributed by atoms with van der Waals surface area (Å²) >= 11 is 0. The fraction of sp³-hybridized carbons (Fsp3) is 0.364. The summed E-state index contributed by atoms with van der Waals surface area (Å²) in [7, 11) is 0. The van der Waals surface area contributed by atoms with Gasteiger partial charge in [-0.1, -0.05) is 0 Å². The van der Waals surface area contributed by atoms with Gasteiger partial charge >= 0.3 is 0 Å². The Morgan fingerprint density at radius 2 is 2.06 bits per heavy atom. The zero-order valence-electron chi connectivity index (χ0n) is 9.03. The van der Waals surface area contributed by atoms with E-state index in [1.165, 1.54) is 0 Å². The second kappa shape index (κ2) is 3.68. The maximum atomic E-state index is 5.74. The van der Waals surface area contributed by atoms with Gasteiger partial charge in [0.1, 0.15) is 0 Å². The highest BCUT2D eigenvalue weighted by molar-refractivity contribution is 5.80. The number of nitrogens with zero attached hydrogens (tertiary/aromatic N) is 2. The van der Waals surface area contributed by atoms with Gasteiger partial charge in [-0.2, -0.15) is 0 Å². The molecule has 84 valence electrons. The molecule has 1 aliphatic rings. The number of imidazole rings is 1. The first-order valence-electron chi connectivity index (χ1n) is 5.54. The molecule has 2 heterocycles. The van der Waals surface area contributed by atoms with E-state index >= 15 is 0 Å². The van der Waals surface area contributed by atoms with E-state index in [4.69, 9.17) is 5.73 Å². The van der Waals surface area contributed by atoms with Crippen LogP contribution in [-0.2, 0) is 0 Å². The first-order chi connectivity index (χ1) is 7.83. The molecule has 5 nitrogen and oxygen atoms in total. The number of aromatic nitrogens is 2. The molecule has 1 fully saturated rings. The molecular weight excluding hydrogens is 202 g/mol. The first kappa shape index (κ1) is 9.47. The lowest BCUT2D eigenvalue weighted by Gasteiger charge is -2.26. The lowest BCUT2D eigenvalue weighted by atomic mass is 10.3. The van der Waals surface area contributed by atoms with Gasteiger partial charge in [0.25, 0.3) is 0 Å². The predicted molar refractivity (Wildman–Crippen MR) is 65.6 cm³/mol. The number of nitrogen functional groups attached to an aromatic ring is 1. The van der Waals surface area contributed by atoms with E-state index in [2.05, 4.69) is 20.2 Å². The van der Waals surface area contributed by atoms with E-state index < -0.39 is 0 Å². The molecule has 1 aliphatic heterocycles. The highest BCUT2D eigenvalue weighted by Crippen LogP contribution is 2.19. The quantitative estimate of drug-likeness (QED) is 0.610. The van der Waals surface area contributed by atoms with Crippen molar-refractivity contribution in [3.63, 3.8) is 0 Å². The van der Waals surface area contributed by atoms with Crippen LogP contribution in [0.4, 0.5) is 11.6 Å². The minimum atomic E-state index is 0.767. The topological polar surface area (TPSA) is 70.0 Å². The summed E-state index contributed by atoms with van der Waals surface area (Å²) in [6.07, 6.45) is 0. The van der Waals surface area contributed by atoms with Crippen molar-refractivity contribution < 1.29 is 0 Å². The SMILES string of the molecule is Nc1ccc2nc(N3CCNCC3)[nH]c2c1. The lowest BCUT2D eigenvalue weighted by molar-refractivity contribution is 0.582. The van der Waals surface area contributed by atoms with E-state index in [0.29, 0.717) is 0 Å². The van der Waals surface area contributed by atoms with Crippen LogP contribution in [0.3, 0.4) is 0 Å². The molecule has 4 N–H and O–H groups in total. The summed E-state index contributed by atoms with van der Waals surface area (Å²) in [5, 5.41) is 3.32. The Bertz CT molecular complexity index is 498. The summed E-state index contributed by atoms with van der Waals surface area (Å²) in [5.74, 6) is 0.946. The maximum absolute atomic E-state index is 5.74. The zero-order valence-corrected chi connectivity index (χ0v) is 9.03. The van der Waals surface area contributed by atoms with Crippen molar-refractivity contribution in [2.45, 2.75) is 0 Å². The number of hydrogen-bond acceptors (Lipinski definition) is 4. The van der Waals surface area contributed by atoms with E-state index in [1.807, 2.05) is 18.2 Å². The Morgan fingerprint density at radius 3 is 2.88 bits per heavy atom. The van der Waals surface area contributed by atoms with Gasteiger partial charge in [0.05, 0.1) is 11.0 Å². The molecule has 0 amide bonds. The molecule has 16 heavy (non-hydrogen) atoms. The van der Waals surface area contributed by atoms with Crippen LogP contribution >= 0.6 is 0 Å². The Labute approximate surface area is 93.6 Å². The molecule has 3 rings (SSSR count). The van der Waals surface area contributed by atoms with Gasteiger partial charge in [-0.3, -0.25) is 0 Å². The van der Waals surface area contributed by atoms with Crippen LogP contribution in [0.1, 0.15) is 0 Å². The van der Waals surface area contributed by atoms with E-state index in [9.17, 15) is 0 Å². The summed E-state index contributed by atoms with van der Waals surface area (Å²) in [6, 6.07) is 5.76. The van der Waals surface area contributed by atoms with Crippen molar-refractivity contribution >= 4 is 22.7 Å². The van der Waals surface area contributed by atoms with E-state index in [1.54, 1.807) is 0 Å². The molecule has 1 saturated heterocycles. The monoisotopic (exact) mass is 217 g/mol. The average Bonchev–Trinajstić information content (AvgIpc) is 2.73. The lowest BCUT2D eigenvalue weighted by Crippen LogP contribution is -2.44. The molecule has 0 saturated carbocycles. The van der Waals surface area contributed by atoms with Crippen LogP contribution < -0.4 is 16.0 Å². The molecule has 0 spiro atoms. The second-order valence-electron chi connectivity index (χ2n) is 4.07. The number of nitrogens with one attached hydrogen (secondary N) is 2. The molecule has 0 unspecified atom stereocenters. The van der Waals surface area contributed by atoms with Gasteiger partial charge in [-0.25, -0.2) is 4.98 Å². The summed E-state index contributed by atoms with van der Waals surface area (Å²) in [4.78, 5) is 10.1. The Morgan fingerprint density at radius 1 is 1.25 bits per heavy atom. The number of hydrogen-bond donors (Lipinski definition) is 3. The molecule has 0 radical (unpaired) electrons. The normalized spacial score (nSPS) is 16.9. The molecule has 0 atom stereocenters. The minimum absolute atomic E-state index is 0.767. The Balaban J connectivity index is 1.97. The number of fused-ring (bicyclic) bond motifs is 1. The summed E-state index contributed by atoms with van der Waals surface area (Å²) in [5.41, 5.74) is 8.49. The largest absolute Gasteiger partial charge is 0.399 e. The fourth-order valence-corrected chi connectivity index (χ4v) is 2.04. The third kappa shape index (κ3) is 1.59. The maximum Gasteiger partial charge on any atom is 0.203 e. The van der Waals surface area contributed by atoms with Crippen molar-refractivity contribution in [3.8, 4) is 0 Å². The number of piperazine rings is 1. The predicted octanol–water partition coefficient (Wildman–Crippen LogP) is 0.555. The van der Waals surface area contributed by atoms with Crippen LogP contribution in [0.25, 0.3) is 11.0 Å². The molecular formula is C11H15N5. The molecule has 1 aromatic carbocycles. The van der Waals surface area contributed by atoms with Crippen LogP contribution in [0, 0.1) is 0 Å². The first-order valence-corrected chi connectivity index (χ1v) is 5.54. The molecule has 5 heteroatoms. The number of rotatable bonds is 1. The Kier molecular flexibility index (Phi) is 2.18. The number of benzene rings is 1. The third-order valence-corrected chi connectivity index (χ3v) is 2.91. The highest BCUT2D eigenvalue weighted by atomic mass is 15.3. The highest BCUT2D eigenvalue weighted by Gasteiger charge is 2.13.